The molecule has 0 saturated heterocycles. The molecule has 0 atom stereocenters. The summed E-state index contributed by atoms with van der Waals surface area (Å²) in [6.07, 6.45) is 2.76. The van der Waals surface area contributed by atoms with Gasteiger partial charge >= 0.3 is 0 Å². The van der Waals surface area contributed by atoms with E-state index < -0.39 is 15.8 Å². The molecular weight excluding hydrogens is 291 g/mol. The number of unbranched alkanes of at least 4 members (excludes halogenated alkanes) is 2. The van der Waals surface area contributed by atoms with Crippen molar-refractivity contribution in [1.82, 2.24) is 4.31 Å². The standard InChI is InChI=1S/C15H21FN2O2S/c1-3-4-5-11-18(2)21(19,20)14-9-8-13(7-6-10-17)15(16)12-14/h8-9,12H,3-5,10-11,17H2,1-2H3. The highest BCUT2D eigenvalue weighted by atomic mass is 32.2. The van der Waals surface area contributed by atoms with Gasteiger partial charge in [0.2, 0.25) is 10.0 Å². The maximum Gasteiger partial charge on any atom is 0.242 e. The predicted octanol–water partition coefficient (Wildman–Crippen LogP) is 1.95. The number of halogens is 1. The Hall–Kier alpha value is -1.42. The van der Waals surface area contributed by atoms with Crippen LogP contribution in [-0.2, 0) is 10.0 Å². The van der Waals surface area contributed by atoms with Gasteiger partial charge in [-0.2, -0.15) is 0 Å². The van der Waals surface area contributed by atoms with E-state index in [-0.39, 0.29) is 17.0 Å². The molecule has 2 N–H and O–H groups in total. The molecule has 0 unspecified atom stereocenters. The third-order valence-corrected chi connectivity index (χ3v) is 4.90. The molecule has 0 aliphatic heterocycles. The fourth-order valence-corrected chi connectivity index (χ4v) is 3.01. The Morgan fingerprint density at radius 1 is 1.33 bits per heavy atom. The summed E-state index contributed by atoms with van der Waals surface area (Å²) >= 11 is 0. The lowest BCUT2D eigenvalue weighted by atomic mass is 10.2. The van der Waals surface area contributed by atoms with E-state index in [1.807, 2.05) is 6.92 Å². The molecule has 1 aromatic rings. The van der Waals surface area contributed by atoms with Gasteiger partial charge in [-0.3, -0.25) is 0 Å². The van der Waals surface area contributed by atoms with Crippen molar-refractivity contribution in [2.75, 3.05) is 20.1 Å². The van der Waals surface area contributed by atoms with Gasteiger partial charge in [0, 0.05) is 13.6 Å². The lowest BCUT2D eigenvalue weighted by Crippen LogP contribution is -2.28. The van der Waals surface area contributed by atoms with E-state index in [1.165, 1.54) is 23.5 Å². The molecular formula is C15H21FN2O2S. The zero-order valence-electron chi connectivity index (χ0n) is 12.4. The van der Waals surface area contributed by atoms with Crippen molar-refractivity contribution in [2.45, 2.75) is 31.1 Å². The Bertz CT molecular complexity index is 633. The van der Waals surface area contributed by atoms with Gasteiger partial charge in [-0.05, 0) is 24.6 Å². The highest BCUT2D eigenvalue weighted by Crippen LogP contribution is 2.18. The number of nitrogens with two attached hydrogens (primary N) is 1. The van der Waals surface area contributed by atoms with E-state index in [0.29, 0.717) is 6.54 Å². The number of nitrogens with zero attached hydrogens (tertiary/aromatic N) is 1. The van der Waals surface area contributed by atoms with Gasteiger partial charge in [-0.1, -0.05) is 31.6 Å². The zero-order valence-corrected chi connectivity index (χ0v) is 13.2. The van der Waals surface area contributed by atoms with Crippen LogP contribution in [0.15, 0.2) is 23.1 Å². The molecule has 0 aromatic heterocycles. The molecule has 0 amide bonds. The lowest BCUT2D eigenvalue weighted by molar-refractivity contribution is 0.453. The number of sulfonamides is 1. The lowest BCUT2D eigenvalue weighted by Gasteiger charge is -2.17. The average molecular weight is 312 g/mol. The molecule has 0 radical (unpaired) electrons. The molecule has 0 spiro atoms. The van der Waals surface area contributed by atoms with Crippen molar-refractivity contribution >= 4 is 10.0 Å². The van der Waals surface area contributed by atoms with Crippen LogP contribution in [0.4, 0.5) is 4.39 Å². The number of hydrogen-bond acceptors (Lipinski definition) is 3. The third kappa shape index (κ3) is 4.81. The van der Waals surface area contributed by atoms with Crippen LogP contribution in [0.3, 0.4) is 0 Å². The molecule has 0 heterocycles. The van der Waals surface area contributed by atoms with E-state index in [2.05, 4.69) is 11.8 Å². The summed E-state index contributed by atoms with van der Waals surface area (Å²) in [5, 5.41) is 0. The van der Waals surface area contributed by atoms with E-state index in [4.69, 9.17) is 5.73 Å². The fraction of sp³-hybridized carbons (Fsp3) is 0.467. The average Bonchev–Trinajstić information content (AvgIpc) is 2.46. The summed E-state index contributed by atoms with van der Waals surface area (Å²) in [5.41, 5.74) is 5.37. The Kier molecular flexibility index (Phi) is 6.82. The van der Waals surface area contributed by atoms with E-state index in [0.717, 1.165) is 25.3 Å². The van der Waals surface area contributed by atoms with Crippen molar-refractivity contribution in [1.29, 1.82) is 0 Å². The van der Waals surface area contributed by atoms with Gasteiger partial charge in [0.25, 0.3) is 0 Å². The Labute approximate surface area is 126 Å². The van der Waals surface area contributed by atoms with Crippen molar-refractivity contribution in [3.63, 3.8) is 0 Å². The van der Waals surface area contributed by atoms with Gasteiger partial charge in [0.05, 0.1) is 17.0 Å². The summed E-state index contributed by atoms with van der Waals surface area (Å²) in [7, 11) is -2.15. The topological polar surface area (TPSA) is 63.4 Å². The van der Waals surface area contributed by atoms with Crippen LogP contribution >= 0.6 is 0 Å². The molecule has 4 nitrogen and oxygen atoms in total. The summed E-state index contributed by atoms with van der Waals surface area (Å²) in [6, 6.07) is 3.74. The highest BCUT2D eigenvalue weighted by molar-refractivity contribution is 7.89. The quantitative estimate of drug-likeness (QED) is 0.645. The first-order chi connectivity index (χ1) is 9.93. The minimum atomic E-state index is -3.66. The minimum absolute atomic E-state index is 0.0581. The smallest absolute Gasteiger partial charge is 0.242 e. The van der Waals surface area contributed by atoms with Crippen molar-refractivity contribution < 1.29 is 12.8 Å². The summed E-state index contributed by atoms with van der Waals surface area (Å²) in [4.78, 5) is -0.0581. The SMILES string of the molecule is CCCCCN(C)S(=O)(=O)c1ccc(C#CCN)c(F)c1. The number of benzene rings is 1. The Morgan fingerprint density at radius 3 is 2.62 bits per heavy atom. The van der Waals surface area contributed by atoms with Crippen LogP contribution in [0, 0.1) is 17.7 Å². The zero-order chi connectivity index (χ0) is 15.9. The monoisotopic (exact) mass is 312 g/mol. The molecule has 6 heteroatoms. The number of hydrogen-bond donors (Lipinski definition) is 1. The van der Waals surface area contributed by atoms with E-state index in [1.54, 1.807) is 0 Å². The van der Waals surface area contributed by atoms with Crippen LogP contribution in [0.25, 0.3) is 0 Å². The van der Waals surface area contributed by atoms with Crippen LogP contribution < -0.4 is 5.73 Å². The fourth-order valence-electron chi connectivity index (χ4n) is 1.79. The van der Waals surface area contributed by atoms with Gasteiger partial charge in [-0.15, -0.1) is 0 Å². The van der Waals surface area contributed by atoms with Gasteiger partial charge in [0.1, 0.15) is 5.82 Å². The minimum Gasteiger partial charge on any atom is -0.320 e. The molecule has 0 aliphatic carbocycles. The first-order valence-corrected chi connectivity index (χ1v) is 8.32. The second kappa shape index (κ2) is 8.13. The van der Waals surface area contributed by atoms with Crippen LogP contribution in [-0.4, -0.2) is 32.9 Å². The second-order valence-corrected chi connectivity index (χ2v) is 6.73. The second-order valence-electron chi connectivity index (χ2n) is 4.68. The van der Waals surface area contributed by atoms with Crippen molar-refractivity contribution in [3.8, 4) is 11.8 Å². The maximum absolute atomic E-state index is 13.8. The van der Waals surface area contributed by atoms with Gasteiger partial charge in [-0.25, -0.2) is 17.1 Å². The largest absolute Gasteiger partial charge is 0.320 e. The van der Waals surface area contributed by atoms with Crippen molar-refractivity contribution in [2.24, 2.45) is 5.73 Å². The molecule has 0 aliphatic rings. The van der Waals surface area contributed by atoms with Gasteiger partial charge < -0.3 is 5.73 Å². The summed E-state index contributed by atoms with van der Waals surface area (Å²) in [5.74, 6) is 4.45. The first kappa shape index (κ1) is 17.6. The molecule has 1 aromatic carbocycles. The highest BCUT2D eigenvalue weighted by Gasteiger charge is 2.21. The molecule has 0 fully saturated rings. The van der Waals surface area contributed by atoms with E-state index in [9.17, 15) is 12.8 Å². The third-order valence-electron chi connectivity index (χ3n) is 3.05. The summed E-state index contributed by atoms with van der Waals surface area (Å²) < 4.78 is 39.7. The summed E-state index contributed by atoms with van der Waals surface area (Å²) in [6.45, 7) is 2.59. The maximum atomic E-state index is 13.8. The van der Waals surface area contributed by atoms with Crippen LogP contribution in [0.5, 0.6) is 0 Å². The van der Waals surface area contributed by atoms with Crippen LogP contribution in [0.2, 0.25) is 0 Å². The molecule has 0 saturated carbocycles. The molecule has 1 rings (SSSR count). The Balaban J connectivity index is 2.96. The van der Waals surface area contributed by atoms with Gasteiger partial charge in [0.15, 0.2) is 0 Å². The molecule has 0 bridgehead atoms. The van der Waals surface area contributed by atoms with Crippen molar-refractivity contribution in [3.05, 3.63) is 29.6 Å². The van der Waals surface area contributed by atoms with Crippen LogP contribution in [0.1, 0.15) is 31.7 Å². The number of rotatable bonds is 6. The first-order valence-electron chi connectivity index (χ1n) is 6.88. The predicted molar refractivity (Wildman–Crippen MR) is 81.7 cm³/mol. The Morgan fingerprint density at radius 2 is 2.05 bits per heavy atom. The molecule has 116 valence electrons. The normalized spacial score (nSPS) is 11.3. The molecule has 21 heavy (non-hydrogen) atoms. The van der Waals surface area contributed by atoms with E-state index >= 15 is 0 Å².